The van der Waals surface area contributed by atoms with E-state index in [1.807, 2.05) is 58.9 Å². The van der Waals surface area contributed by atoms with Crippen LogP contribution in [0.3, 0.4) is 0 Å². The van der Waals surface area contributed by atoms with Crippen molar-refractivity contribution in [1.82, 2.24) is 0 Å². The molecule has 0 spiro atoms. The molecule has 0 aliphatic rings. The number of esters is 1. The van der Waals surface area contributed by atoms with Gasteiger partial charge in [-0.25, -0.2) is 0 Å². The molecule has 3 heteroatoms. The third-order valence-electron chi connectivity index (χ3n) is 3.64. The lowest BCUT2D eigenvalue weighted by Crippen LogP contribution is -2.00. The van der Waals surface area contributed by atoms with Crippen LogP contribution < -0.4 is 0 Å². The van der Waals surface area contributed by atoms with Crippen molar-refractivity contribution in [3.05, 3.63) is 64.0 Å². The SMILES string of the molecule is C\C=C(/C=C(C)\C(=C\C)OC(C)=O)Cc1cc(C)c(O)c(C)c1. The molecule has 23 heavy (non-hydrogen) atoms. The number of allylic oxidation sites excluding steroid dienone is 5. The minimum atomic E-state index is -0.322. The topological polar surface area (TPSA) is 46.5 Å². The average Bonchev–Trinajstić information content (AvgIpc) is 2.49. The monoisotopic (exact) mass is 314 g/mol. The van der Waals surface area contributed by atoms with E-state index in [9.17, 15) is 9.90 Å². The van der Waals surface area contributed by atoms with E-state index in [0.29, 0.717) is 11.5 Å². The highest BCUT2D eigenvalue weighted by molar-refractivity contribution is 5.68. The maximum Gasteiger partial charge on any atom is 0.308 e. The van der Waals surface area contributed by atoms with Crippen molar-refractivity contribution >= 4 is 5.97 Å². The predicted octanol–water partition coefficient (Wildman–Crippen LogP) is 4.91. The molecule has 0 unspecified atom stereocenters. The number of rotatable bonds is 5. The van der Waals surface area contributed by atoms with Crippen LogP contribution in [0.4, 0.5) is 0 Å². The van der Waals surface area contributed by atoms with Gasteiger partial charge in [0.1, 0.15) is 11.5 Å². The largest absolute Gasteiger partial charge is 0.507 e. The molecule has 3 nitrogen and oxygen atoms in total. The molecule has 124 valence electrons. The van der Waals surface area contributed by atoms with Crippen LogP contribution >= 0.6 is 0 Å². The molecule has 1 rings (SSSR count). The Morgan fingerprint density at radius 2 is 1.70 bits per heavy atom. The Morgan fingerprint density at radius 1 is 1.13 bits per heavy atom. The molecule has 0 amide bonds. The van der Waals surface area contributed by atoms with Gasteiger partial charge in [-0.05, 0) is 75.0 Å². The van der Waals surface area contributed by atoms with E-state index in [-0.39, 0.29) is 5.97 Å². The van der Waals surface area contributed by atoms with Gasteiger partial charge in [0.2, 0.25) is 0 Å². The molecule has 0 saturated carbocycles. The van der Waals surface area contributed by atoms with Crippen molar-refractivity contribution < 1.29 is 14.6 Å². The number of hydrogen-bond donors (Lipinski definition) is 1. The molecule has 0 aromatic heterocycles. The van der Waals surface area contributed by atoms with Gasteiger partial charge in [-0.3, -0.25) is 4.79 Å². The number of hydrogen-bond acceptors (Lipinski definition) is 3. The fourth-order valence-corrected chi connectivity index (χ4v) is 2.49. The van der Waals surface area contributed by atoms with Gasteiger partial charge in [-0.2, -0.15) is 0 Å². The summed E-state index contributed by atoms with van der Waals surface area (Å²) in [6.45, 7) is 11.0. The van der Waals surface area contributed by atoms with Crippen molar-refractivity contribution in [2.75, 3.05) is 0 Å². The Kier molecular flexibility index (Phi) is 6.83. The number of carbonyl (C=O) groups excluding carboxylic acids is 1. The summed E-state index contributed by atoms with van der Waals surface area (Å²) >= 11 is 0. The smallest absolute Gasteiger partial charge is 0.308 e. The second-order valence-electron chi connectivity index (χ2n) is 5.69. The second-order valence-corrected chi connectivity index (χ2v) is 5.69. The van der Waals surface area contributed by atoms with E-state index in [2.05, 4.69) is 0 Å². The van der Waals surface area contributed by atoms with Crippen molar-refractivity contribution in [2.45, 2.75) is 48.0 Å². The Labute approximate surface area is 139 Å². The van der Waals surface area contributed by atoms with Crippen LogP contribution in [0.25, 0.3) is 0 Å². The van der Waals surface area contributed by atoms with Gasteiger partial charge in [0.15, 0.2) is 0 Å². The number of benzene rings is 1. The lowest BCUT2D eigenvalue weighted by Gasteiger charge is -2.11. The third-order valence-corrected chi connectivity index (χ3v) is 3.64. The first-order valence-electron chi connectivity index (χ1n) is 7.76. The fraction of sp³-hybridized carbons (Fsp3) is 0.350. The van der Waals surface area contributed by atoms with E-state index < -0.39 is 0 Å². The number of ether oxygens (including phenoxy) is 1. The molecule has 1 aromatic rings. The third kappa shape index (κ3) is 5.44. The summed E-state index contributed by atoms with van der Waals surface area (Å²) in [7, 11) is 0. The highest BCUT2D eigenvalue weighted by Crippen LogP contribution is 2.25. The van der Waals surface area contributed by atoms with Crippen molar-refractivity contribution in [3.63, 3.8) is 0 Å². The van der Waals surface area contributed by atoms with Crippen LogP contribution in [0, 0.1) is 13.8 Å². The molecule has 0 atom stereocenters. The van der Waals surface area contributed by atoms with Gasteiger partial charge in [0.05, 0.1) is 0 Å². The number of phenolic OH excluding ortho intramolecular Hbond substituents is 1. The molecule has 0 aliphatic carbocycles. The van der Waals surface area contributed by atoms with Gasteiger partial charge in [0, 0.05) is 6.92 Å². The standard InChI is InChI=1S/C20H26O3/c1-7-17(9-13(3)19(8-2)23-16(6)21)12-18-10-14(4)20(22)15(5)11-18/h7-11,22H,12H2,1-6H3/b13-9-,17-7+,19-8-. The summed E-state index contributed by atoms with van der Waals surface area (Å²) in [4.78, 5) is 11.1. The molecule has 1 N–H and O–H groups in total. The average molecular weight is 314 g/mol. The number of carbonyl (C=O) groups is 1. The highest BCUT2D eigenvalue weighted by Gasteiger charge is 2.07. The summed E-state index contributed by atoms with van der Waals surface area (Å²) in [6, 6.07) is 4.00. The maximum absolute atomic E-state index is 11.1. The molecule has 0 fully saturated rings. The van der Waals surface area contributed by atoms with Gasteiger partial charge in [-0.15, -0.1) is 0 Å². The first-order chi connectivity index (χ1) is 10.8. The van der Waals surface area contributed by atoms with Gasteiger partial charge < -0.3 is 9.84 Å². The van der Waals surface area contributed by atoms with Gasteiger partial charge in [0.25, 0.3) is 0 Å². The van der Waals surface area contributed by atoms with Crippen LogP contribution in [0.2, 0.25) is 0 Å². The minimum absolute atomic E-state index is 0.322. The Hall–Kier alpha value is -2.29. The quantitative estimate of drug-likeness (QED) is 0.477. The molecule has 0 saturated heterocycles. The zero-order chi connectivity index (χ0) is 17.6. The van der Waals surface area contributed by atoms with Crippen molar-refractivity contribution in [3.8, 4) is 5.75 Å². The first kappa shape index (κ1) is 18.8. The van der Waals surface area contributed by atoms with Crippen LogP contribution in [-0.2, 0) is 16.0 Å². The van der Waals surface area contributed by atoms with E-state index in [4.69, 9.17) is 4.74 Å². The zero-order valence-corrected chi connectivity index (χ0v) is 14.9. The normalized spacial score (nSPS) is 13.2. The van der Waals surface area contributed by atoms with E-state index in [1.165, 1.54) is 6.92 Å². The maximum atomic E-state index is 11.1. The Bertz CT molecular complexity index is 653. The zero-order valence-electron chi connectivity index (χ0n) is 14.9. The van der Waals surface area contributed by atoms with E-state index in [0.717, 1.165) is 34.3 Å². The van der Waals surface area contributed by atoms with Gasteiger partial charge >= 0.3 is 5.97 Å². The van der Waals surface area contributed by atoms with E-state index in [1.54, 1.807) is 6.08 Å². The van der Waals surface area contributed by atoms with E-state index >= 15 is 0 Å². The summed E-state index contributed by atoms with van der Waals surface area (Å²) in [5.41, 5.74) is 4.93. The summed E-state index contributed by atoms with van der Waals surface area (Å²) < 4.78 is 5.20. The number of aromatic hydroxyl groups is 1. The number of aryl methyl sites for hydroxylation is 2. The minimum Gasteiger partial charge on any atom is -0.507 e. The summed E-state index contributed by atoms with van der Waals surface area (Å²) in [5.74, 6) is 0.612. The predicted molar refractivity (Wildman–Crippen MR) is 94.3 cm³/mol. The molecule has 0 radical (unpaired) electrons. The molecular weight excluding hydrogens is 288 g/mol. The summed E-state index contributed by atoms with van der Waals surface area (Å²) in [5, 5.41) is 9.87. The van der Waals surface area contributed by atoms with Crippen molar-refractivity contribution in [2.24, 2.45) is 0 Å². The van der Waals surface area contributed by atoms with Crippen LogP contribution in [0.15, 0.2) is 47.3 Å². The molecule has 0 aliphatic heterocycles. The van der Waals surface area contributed by atoms with Crippen LogP contribution in [0.1, 0.15) is 44.4 Å². The Balaban J connectivity index is 3.02. The van der Waals surface area contributed by atoms with Gasteiger partial charge in [-0.1, -0.05) is 24.3 Å². The molecular formula is C20H26O3. The lowest BCUT2D eigenvalue weighted by molar-refractivity contribution is -0.136. The first-order valence-corrected chi connectivity index (χ1v) is 7.76. The second kappa shape index (κ2) is 8.37. The fourth-order valence-electron chi connectivity index (χ4n) is 2.49. The molecule has 0 bridgehead atoms. The lowest BCUT2D eigenvalue weighted by atomic mass is 9.98. The Morgan fingerprint density at radius 3 is 2.13 bits per heavy atom. The number of phenols is 1. The molecule has 0 heterocycles. The van der Waals surface area contributed by atoms with Crippen LogP contribution in [0.5, 0.6) is 5.75 Å². The highest BCUT2D eigenvalue weighted by atomic mass is 16.5. The van der Waals surface area contributed by atoms with Crippen LogP contribution in [-0.4, -0.2) is 11.1 Å². The summed E-state index contributed by atoms with van der Waals surface area (Å²) in [6.07, 6.45) is 6.61. The molecule has 1 aromatic carbocycles. The van der Waals surface area contributed by atoms with Crippen molar-refractivity contribution in [1.29, 1.82) is 0 Å².